The van der Waals surface area contributed by atoms with Gasteiger partial charge in [-0.2, -0.15) is 0 Å². The van der Waals surface area contributed by atoms with Crippen LogP contribution in [0, 0.1) is 0 Å². The first-order chi connectivity index (χ1) is 14.8. The molecule has 0 spiro atoms. The Morgan fingerprint density at radius 1 is 0.903 bits per heavy atom. The van der Waals surface area contributed by atoms with Gasteiger partial charge in [-0.25, -0.2) is 0 Å². The molecule has 0 saturated carbocycles. The molecule has 1 unspecified atom stereocenters. The Balaban J connectivity index is 2.08. The van der Waals surface area contributed by atoms with Gasteiger partial charge >= 0.3 is 11.9 Å². The van der Waals surface area contributed by atoms with E-state index < -0.39 is 36.4 Å². The number of hydrogen-bond acceptors (Lipinski definition) is 7. The highest BCUT2D eigenvalue weighted by Crippen LogP contribution is 2.29. The van der Waals surface area contributed by atoms with Crippen LogP contribution in [0.15, 0.2) is 36.5 Å². The van der Waals surface area contributed by atoms with E-state index in [4.69, 9.17) is 9.47 Å². The maximum atomic E-state index is 12.0. The lowest BCUT2D eigenvalue weighted by molar-refractivity contribution is -0.430. The predicted octanol–water partition coefficient (Wildman–Crippen LogP) is 3.27. The molecule has 0 bridgehead atoms. The van der Waals surface area contributed by atoms with Crippen molar-refractivity contribution in [3.05, 3.63) is 36.5 Å². The smallest absolute Gasteiger partial charge is 0.357 e. The van der Waals surface area contributed by atoms with Gasteiger partial charge in [0.2, 0.25) is 0 Å². The third-order valence-electron chi connectivity index (χ3n) is 5.17. The summed E-state index contributed by atoms with van der Waals surface area (Å²) in [6.45, 7) is 3.53. The molecule has 5 atom stereocenters. The lowest BCUT2D eigenvalue weighted by atomic mass is 9.98. The second kappa shape index (κ2) is 15.3. The van der Waals surface area contributed by atoms with Gasteiger partial charge in [-0.05, 0) is 45.4 Å². The van der Waals surface area contributed by atoms with Crippen LogP contribution in [0.1, 0.15) is 78.1 Å². The van der Waals surface area contributed by atoms with Crippen LogP contribution in [-0.4, -0.2) is 56.8 Å². The number of unbranched alkanes of at least 4 members (excludes halogenated alkanes) is 5. The Hall–Kier alpha value is -1.51. The van der Waals surface area contributed by atoms with Crippen LogP contribution < -0.4 is 0 Å². The summed E-state index contributed by atoms with van der Waals surface area (Å²) in [6, 6.07) is 0. The number of rotatable bonds is 14. The van der Waals surface area contributed by atoms with Crippen molar-refractivity contribution in [3.8, 4) is 0 Å². The number of carbonyl (C=O) groups is 1. The summed E-state index contributed by atoms with van der Waals surface area (Å²) in [5.74, 6) is -3.37. The molecule has 0 aliphatic carbocycles. The van der Waals surface area contributed by atoms with Gasteiger partial charge in [0.15, 0.2) is 6.10 Å². The lowest BCUT2D eigenvalue weighted by Gasteiger charge is -2.43. The van der Waals surface area contributed by atoms with Crippen LogP contribution in [0.25, 0.3) is 0 Å². The quantitative estimate of drug-likeness (QED) is 0.142. The summed E-state index contributed by atoms with van der Waals surface area (Å²) in [6.07, 6.45) is 15.8. The fraction of sp³-hybridized carbons (Fsp3) is 0.708. The molecule has 0 aromatic heterocycles. The Morgan fingerprint density at radius 3 is 2.16 bits per heavy atom. The summed E-state index contributed by atoms with van der Waals surface area (Å²) < 4.78 is 9.86. The van der Waals surface area contributed by atoms with Crippen LogP contribution >= 0.6 is 0 Å². The Bertz CT molecular complexity index is 586. The zero-order valence-corrected chi connectivity index (χ0v) is 18.9. The molecule has 0 aromatic carbocycles. The van der Waals surface area contributed by atoms with E-state index in [1.807, 2.05) is 0 Å². The van der Waals surface area contributed by atoms with Crippen molar-refractivity contribution in [2.45, 2.75) is 108 Å². The van der Waals surface area contributed by atoms with Gasteiger partial charge in [0.1, 0.15) is 12.2 Å². The van der Waals surface area contributed by atoms with E-state index >= 15 is 0 Å². The first-order valence-electron chi connectivity index (χ1n) is 11.4. The molecule has 1 saturated heterocycles. The van der Waals surface area contributed by atoms with Crippen LogP contribution in [-0.2, 0) is 14.3 Å². The van der Waals surface area contributed by atoms with E-state index in [0.29, 0.717) is 6.42 Å². The minimum atomic E-state index is -2.65. The molecule has 1 rings (SSSR count). The maximum absolute atomic E-state index is 12.0. The van der Waals surface area contributed by atoms with Crippen LogP contribution in [0.4, 0.5) is 0 Å². The number of aliphatic hydroxyl groups is 4. The van der Waals surface area contributed by atoms with Crippen molar-refractivity contribution in [3.63, 3.8) is 0 Å². The highest BCUT2D eigenvalue weighted by Gasteiger charge is 2.54. The fourth-order valence-electron chi connectivity index (χ4n) is 3.27. The van der Waals surface area contributed by atoms with Crippen molar-refractivity contribution in [2.75, 3.05) is 0 Å². The highest BCUT2D eigenvalue weighted by atomic mass is 16.8. The summed E-state index contributed by atoms with van der Waals surface area (Å²) in [4.78, 5) is 12.0. The average molecular weight is 441 g/mol. The minimum absolute atomic E-state index is 0.0745. The standard InChI is InChI=1S/C24H40O7/c1-3-4-5-6-7-8-9-10-11-12-13-14-15-16-17-18-20(25)31-24(29)23(28)22(27)21(26)19(2)30-24/h4-5,7-8,10-11,19,21-23,26-29H,3,6,9,12-18H2,1-2H3/b5-4-,8-7-,11-10-/t19-,21-,22+,23+,24?/m0/s1. The van der Waals surface area contributed by atoms with E-state index in [9.17, 15) is 25.2 Å². The highest BCUT2D eigenvalue weighted by molar-refractivity contribution is 5.69. The number of aliphatic hydroxyl groups excluding tert-OH is 3. The summed E-state index contributed by atoms with van der Waals surface area (Å²) in [5.41, 5.74) is 0. The van der Waals surface area contributed by atoms with E-state index in [0.717, 1.165) is 51.4 Å². The van der Waals surface area contributed by atoms with E-state index in [2.05, 4.69) is 43.4 Å². The number of hydrogen-bond donors (Lipinski definition) is 4. The molecule has 0 radical (unpaired) electrons. The monoisotopic (exact) mass is 440 g/mol. The van der Waals surface area contributed by atoms with Crippen LogP contribution in [0.3, 0.4) is 0 Å². The van der Waals surface area contributed by atoms with Crippen molar-refractivity contribution in [1.29, 1.82) is 0 Å². The summed E-state index contributed by atoms with van der Waals surface area (Å²) >= 11 is 0. The molecule has 1 heterocycles. The fourth-order valence-corrected chi connectivity index (χ4v) is 3.27. The largest absolute Gasteiger partial charge is 0.406 e. The van der Waals surface area contributed by atoms with E-state index in [1.54, 1.807) is 0 Å². The van der Waals surface area contributed by atoms with Gasteiger partial charge in [0, 0.05) is 6.42 Å². The van der Waals surface area contributed by atoms with Gasteiger partial charge in [-0.1, -0.05) is 62.6 Å². The van der Waals surface area contributed by atoms with Gasteiger partial charge < -0.3 is 29.9 Å². The SMILES string of the molecule is CC/C=C\C/C=C\C/C=C\CCCCCCCC(=O)OC1(O)O[C@@H](C)[C@H](O)[C@@H](O)[C@H]1O. The number of carbonyl (C=O) groups excluding carboxylic acids is 1. The van der Waals surface area contributed by atoms with Gasteiger partial charge in [-0.15, -0.1) is 0 Å². The van der Waals surface area contributed by atoms with Crippen molar-refractivity contribution < 1.29 is 34.7 Å². The first-order valence-corrected chi connectivity index (χ1v) is 11.4. The molecule has 0 amide bonds. The summed E-state index contributed by atoms with van der Waals surface area (Å²) in [5, 5.41) is 39.4. The third-order valence-corrected chi connectivity index (χ3v) is 5.17. The van der Waals surface area contributed by atoms with E-state index in [1.165, 1.54) is 6.92 Å². The van der Waals surface area contributed by atoms with Gasteiger partial charge in [0.05, 0.1) is 6.10 Å². The molecule has 7 heteroatoms. The predicted molar refractivity (Wildman–Crippen MR) is 119 cm³/mol. The Morgan fingerprint density at radius 2 is 1.48 bits per heavy atom. The van der Waals surface area contributed by atoms with Crippen molar-refractivity contribution in [2.24, 2.45) is 0 Å². The second-order valence-electron chi connectivity index (χ2n) is 7.95. The molecule has 1 fully saturated rings. The molecule has 31 heavy (non-hydrogen) atoms. The molecule has 4 N–H and O–H groups in total. The van der Waals surface area contributed by atoms with Crippen LogP contribution in [0.5, 0.6) is 0 Å². The van der Waals surface area contributed by atoms with Gasteiger partial charge in [-0.3, -0.25) is 4.79 Å². The van der Waals surface area contributed by atoms with Crippen molar-refractivity contribution in [1.82, 2.24) is 0 Å². The summed E-state index contributed by atoms with van der Waals surface area (Å²) in [7, 11) is 0. The first kappa shape index (κ1) is 27.5. The molecule has 7 nitrogen and oxygen atoms in total. The third kappa shape index (κ3) is 10.6. The van der Waals surface area contributed by atoms with Crippen LogP contribution in [0.2, 0.25) is 0 Å². The van der Waals surface area contributed by atoms with Gasteiger partial charge in [0.25, 0.3) is 0 Å². The second-order valence-corrected chi connectivity index (χ2v) is 7.95. The normalized spacial score (nSPS) is 29.4. The number of ether oxygens (including phenoxy) is 2. The molecular formula is C24H40O7. The topological polar surface area (TPSA) is 116 Å². The number of esters is 1. The Labute approximate surface area is 186 Å². The zero-order chi connectivity index (χ0) is 23.1. The molecular weight excluding hydrogens is 400 g/mol. The van der Waals surface area contributed by atoms with Crippen molar-refractivity contribution >= 4 is 5.97 Å². The molecule has 1 aliphatic rings. The van der Waals surface area contributed by atoms with E-state index in [-0.39, 0.29) is 6.42 Å². The lowest BCUT2D eigenvalue weighted by Crippen LogP contribution is -2.65. The molecule has 178 valence electrons. The minimum Gasteiger partial charge on any atom is -0.406 e. The average Bonchev–Trinajstić information content (AvgIpc) is 2.73. The Kier molecular flexibility index (Phi) is 13.6. The maximum Gasteiger partial charge on any atom is 0.357 e. The zero-order valence-electron chi connectivity index (χ0n) is 18.9. The molecule has 0 aromatic rings. The molecule has 1 aliphatic heterocycles. The number of allylic oxidation sites excluding steroid dienone is 6.